The first-order valence-electron chi connectivity index (χ1n) is 17.8. The second kappa shape index (κ2) is 10.8. The van der Waals surface area contributed by atoms with Crippen LogP contribution in [0, 0.1) is 11.7 Å². The van der Waals surface area contributed by atoms with Gasteiger partial charge in [-0.05, 0) is 89.1 Å². The molecule has 3 aromatic heterocycles. The molecule has 11 heteroatoms. The summed E-state index contributed by atoms with van der Waals surface area (Å²) >= 11 is 0. The molecular formula is C37H41FN6O4. The number of likely N-dealkylation sites (tertiary alicyclic amines) is 1. The van der Waals surface area contributed by atoms with E-state index in [4.69, 9.17) is 24.2 Å². The summed E-state index contributed by atoms with van der Waals surface area (Å²) in [7, 11) is 2.14. The summed E-state index contributed by atoms with van der Waals surface area (Å²) in [6.45, 7) is 5.10. The highest BCUT2D eigenvalue weighted by atomic mass is 19.1. The van der Waals surface area contributed by atoms with Crippen molar-refractivity contribution >= 4 is 27.9 Å². The smallest absolute Gasteiger partial charge is 0.410 e. The molecular weight excluding hydrogens is 611 g/mol. The number of para-hydroxylation sites is 1. The standard InChI is InChI=1S/C37H41FN6O4/c1-19(27-9-4-12-42(27)2)48-36-24-15-29(28-11-10-22-18-47-37(45)43(22)28)44(33-21-14-26(33)39-16-21)34(24)25-17-40-31(30(38)32(25)41-36)23-8-3-6-20-7-5-13-46-35(20)23/h3,6,8,15,17,19,21-22,26-28,33,39H,4-5,7,9-14,16,18H2,1-2H3/t19-,21+,22-,26+,27-,28?,33-/m0/s1. The first kappa shape index (κ1) is 29.0. The Morgan fingerprint density at radius 1 is 1.15 bits per heavy atom. The number of ether oxygens (including phenoxy) is 3. The van der Waals surface area contributed by atoms with Crippen LogP contribution in [-0.2, 0) is 11.2 Å². The first-order chi connectivity index (χ1) is 23.5. The fourth-order valence-corrected chi connectivity index (χ4v) is 9.81. The molecule has 5 saturated heterocycles. The quantitative estimate of drug-likeness (QED) is 0.281. The van der Waals surface area contributed by atoms with Crippen LogP contribution in [0.25, 0.3) is 33.1 Å². The second-order valence-corrected chi connectivity index (χ2v) is 14.8. The van der Waals surface area contributed by atoms with Crippen LogP contribution in [0.15, 0.2) is 30.5 Å². The Morgan fingerprint density at radius 2 is 2.06 bits per heavy atom. The van der Waals surface area contributed by atoms with Crippen molar-refractivity contribution in [3.8, 4) is 22.9 Å². The van der Waals surface area contributed by atoms with E-state index in [1.165, 1.54) is 0 Å². The summed E-state index contributed by atoms with van der Waals surface area (Å²) in [5.74, 6) is 1.13. The van der Waals surface area contributed by atoms with Crippen LogP contribution in [0.1, 0.15) is 68.8 Å². The molecule has 11 rings (SSSR count). The number of hydrogen-bond donors (Lipinski definition) is 1. The van der Waals surface area contributed by atoms with Gasteiger partial charge in [0.2, 0.25) is 5.88 Å². The van der Waals surface area contributed by atoms with Gasteiger partial charge in [-0.3, -0.25) is 14.8 Å². The van der Waals surface area contributed by atoms with E-state index in [1.807, 2.05) is 23.1 Å². The van der Waals surface area contributed by atoms with Crippen molar-refractivity contribution < 1.29 is 23.4 Å². The third-order valence-electron chi connectivity index (χ3n) is 12.2. The Labute approximate surface area is 278 Å². The summed E-state index contributed by atoms with van der Waals surface area (Å²) in [4.78, 5) is 27.2. The molecule has 1 aromatic carbocycles. The number of likely N-dealkylation sites (N-methyl/N-ethyl adjacent to an activating group) is 1. The number of aromatic nitrogens is 3. The molecule has 9 heterocycles. The lowest BCUT2D eigenvalue weighted by molar-refractivity contribution is 0.119. The van der Waals surface area contributed by atoms with Crippen LogP contribution < -0.4 is 14.8 Å². The summed E-state index contributed by atoms with van der Waals surface area (Å²) in [5, 5.41) is 5.20. The number of fused-ring (bicyclic) bond motifs is 6. The van der Waals surface area contributed by atoms with Crippen molar-refractivity contribution in [2.75, 3.05) is 33.4 Å². The molecule has 10 nitrogen and oxygen atoms in total. The van der Waals surface area contributed by atoms with Gasteiger partial charge in [0.05, 0.1) is 35.6 Å². The topological polar surface area (TPSA) is 94.0 Å². The van der Waals surface area contributed by atoms with Gasteiger partial charge in [0.15, 0.2) is 5.82 Å². The van der Waals surface area contributed by atoms with Gasteiger partial charge in [-0.25, -0.2) is 14.2 Å². The van der Waals surface area contributed by atoms with E-state index in [9.17, 15) is 4.79 Å². The highest BCUT2D eigenvalue weighted by molar-refractivity contribution is 6.07. The Morgan fingerprint density at radius 3 is 2.88 bits per heavy atom. The number of hydrogen-bond acceptors (Lipinski definition) is 8. The van der Waals surface area contributed by atoms with Crippen LogP contribution >= 0.6 is 0 Å². The fourth-order valence-electron chi connectivity index (χ4n) is 9.81. The number of carbonyl (C=O) groups is 1. The van der Waals surface area contributed by atoms with Gasteiger partial charge >= 0.3 is 6.09 Å². The molecule has 0 spiro atoms. The zero-order valence-electron chi connectivity index (χ0n) is 27.5. The predicted molar refractivity (Wildman–Crippen MR) is 178 cm³/mol. The summed E-state index contributed by atoms with van der Waals surface area (Å²) in [6, 6.07) is 8.75. The Kier molecular flexibility index (Phi) is 6.51. The lowest BCUT2D eigenvalue weighted by atomic mass is 9.79. The average molecular weight is 653 g/mol. The van der Waals surface area contributed by atoms with Crippen LogP contribution in [0.4, 0.5) is 9.18 Å². The molecule has 250 valence electrons. The summed E-state index contributed by atoms with van der Waals surface area (Å²) < 4.78 is 38.0. The molecule has 1 saturated carbocycles. The van der Waals surface area contributed by atoms with Crippen LogP contribution in [0.5, 0.6) is 11.6 Å². The molecule has 1 unspecified atom stereocenters. The molecule has 0 radical (unpaired) electrons. The molecule has 7 atom stereocenters. The number of pyridine rings is 2. The Balaban J connectivity index is 1.21. The highest BCUT2D eigenvalue weighted by Crippen LogP contribution is 2.52. The maximum absolute atomic E-state index is 17.1. The third-order valence-corrected chi connectivity index (χ3v) is 12.2. The molecule has 7 aliphatic rings. The van der Waals surface area contributed by atoms with Crippen LogP contribution in [0.3, 0.4) is 0 Å². The molecule has 1 aliphatic carbocycles. The van der Waals surface area contributed by atoms with E-state index in [2.05, 4.69) is 34.8 Å². The van der Waals surface area contributed by atoms with E-state index >= 15 is 4.39 Å². The van der Waals surface area contributed by atoms with Gasteiger partial charge in [-0.15, -0.1) is 0 Å². The van der Waals surface area contributed by atoms with Gasteiger partial charge in [0.25, 0.3) is 0 Å². The second-order valence-electron chi connectivity index (χ2n) is 14.8. The normalized spacial score (nSPS) is 30.0. The molecule has 2 bridgehead atoms. The van der Waals surface area contributed by atoms with Crippen molar-refractivity contribution in [2.24, 2.45) is 5.92 Å². The lowest BCUT2D eigenvalue weighted by Crippen LogP contribution is -2.40. The third kappa shape index (κ3) is 4.12. The van der Waals surface area contributed by atoms with Crippen molar-refractivity contribution in [1.29, 1.82) is 0 Å². The number of rotatable bonds is 6. The van der Waals surface area contributed by atoms with Crippen molar-refractivity contribution in [3.63, 3.8) is 0 Å². The van der Waals surface area contributed by atoms with Gasteiger partial charge < -0.3 is 24.1 Å². The molecule has 48 heavy (non-hydrogen) atoms. The minimum Gasteiger partial charge on any atom is -0.493 e. The number of amides is 1. The van der Waals surface area contributed by atoms with Gasteiger partial charge in [-0.1, -0.05) is 12.1 Å². The van der Waals surface area contributed by atoms with E-state index in [0.29, 0.717) is 47.8 Å². The SMILES string of the molecule is C[C@H](Oc1nc2c(F)c(-c3cccc4c3OCCC4)ncc2c2c1cc(C1CC[C@H]3COC(=O)N13)n2[C@H]1[C@H]2CN[C@@H]1C2)[C@@H]1CCCN1C. The van der Waals surface area contributed by atoms with E-state index in [1.54, 1.807) is 6.20 Å². The van der Waals surface area contributed by atoms with Gasteiger partial charge in [0, 0.05) is 41.5 Å². The number of carbonyl (C=O) groups excluding carboxylic acids is 1. The minimum atomic E-state index is -0.472. The van der Waals surface area contributed by atoms with Crippen LogP contribution in [-0.4, -0.2) is 88.0 Å². The zero-order valence-corrected chi connectivity index (χ0v) is 27.5. The monoisotopic (exact) mass is 652 g/mol. The molecule has 6 aliphatic heterocycles. The molecule has 1 amide bonds. The van der Waals surface area contributed by atoms with Gasteiger partial charge in [-0.2, -0.15) is 0 Å². The summed E-state index contributed by atoms with van der Waals surface area (Å²) in [5.41, 5.74) is 4.15. The molecule has 1 N–H and O–H groups in total. The highest BCUT2D eigenvalue weighted by Gasteiger charge is 2.51. The minimum absolute atomic E-state index is 0.0782. The Hall–Kier alpha value is -3.96. The zero-order chi connectivity index (χ0) is 32.3. The molecule has 4 aromatic rings. The average Bonchev–Trinajstić information content (AvgIpc) is 3.94. The largest absolute Gasteiger partial charge is 0.493 e. The van der Waals surface area contributed by atoms with E-state index < -0.39 is 5.82 Å². The van der Waals surface area contributed by atoms with Crippen molar-refractivity contribution in [1.82, 2.24) is 29.7 Å². The van der Waals surface area contributed by atoms with E-state index in [0.717, 1.165) is 80.2 Å². The van der Waals surface area contributed by atoms with Crippen molar-refractivity contribution in [3.05, 3.63) is 47.5 Å². The number of halogens is 1. The number of aryl methyl sites for hydroxylation is 1. The maximum Gasteiger partial charge on any atom is 0.410 e. The van der Waals surface area contributed by atoms with Crippen LogP contribution in [0.2, 0.25) is 0 Å². The Bertz CT molecular complexity index is 1970. The number of nitrogens with one attached hydrogen (secondary N) is 1. The number of benzene rings is 1. The summed E-state index contributed by atoms with van der Waals surface area (Å²) in [6.07, 6.45) is 8.23. The van der Waals surface area contributed by atoms with E-state index in [-0.39, 0.29) is 47.6 Å². The molecule has 6 fully saturated rings. The van der Waals surface area contributed by atoms with Crippen molar-refractivity contribution in [2.45, 2.75) is 88.2 Å². The number of cyclic esters (lactones) is 1. The first-order valence-corrected chi connectivity index (χ1v) is 17.8. The fraction of sp³-hybridized carbons (Fsp3) is 0.541. The predicted octanol–water partition coefficient (Wildman–Crippen LogP) is 5.77. The maximum atomic E-state index is 17.1. The lowest BCUT2D eigenvalue weighted by Gasteiger charge is -2.39. The number of nitrogens with zero attached hydrogens (tertiary/aromatic N) is 5. The van der Waals surface area contributed by atoms with Gasteiger partial charge in [0.1, 0.15) is 29.7 Å².